The average molecular weight is 566 g/mol. The van der Waals surface area contributed by atoms with E-state index >= 15 is 0 Å². The summed E-state index contributed by atoms with van der Waals surface area (Å²) in [6.07, 6.45) is 10.0. The van der Waals surface area contributed by atoms with Crippen LogP contribution in [0.5, 0.6) is 0 Å². The SMILES string of the molecule is Cc1ccnc(S[C@H]2C[C@@H](C(=O)N3CCN(C4C5CC6CC(C5)CC4C6)CC3)N(Cc3cccc(Cl)c3)C2)n1. The van der Waals surface area contributed by atoms with Gasteiger partial charge in [0, 0.05) is 67.5 Å². The van der Waals surface area contributed by atoms with Gasteiger partial charge in [-0.25, -0.2) is 9.97 Å². The van der Waals surface area contributed by atoms with Crippen molar-refractivity contribution in [3.05, 3.63) is 52.8 Å². The fourth-order valence-corrected chi connectivity index (χ4v) is 10.2. The average Bonchev–Trinajstić information content (AvgIpc) is 3.30. The van der Waals surface area contributed by atoms with Crippen molar-refractivity contribution < 1.29 is 4.79 Å². The molecule has 0 spiro atoms. The molecule has 1 amide bonds. The molecule has 3 heterocycles. The predicted molar refractivity (Wildman–Crippen MR) is 156 cm³/mol. The lowest BCUT2D eigenvalue weighted by molar-refractivity contribution is -0.140. The molecule has 1 aromatic heterocycles. The molecule has 8 rings (SSSR count). The number of aryl methyl sites for hydroxylation is 1. The monoisotopic (exact) mass is 565 g/mol. The quantitative estimate of drug-likeness (QED) is 0.452. The number of benzene rings is 1. The first-order valence-electron chi connectivity index (χ1n) is 15.0. The largest absolute Gasteiger partial charge is 0.339 e. The van der Waals surface area contributed by atoms with E-state index in [1.807, 2.05) is 37.4 Å². The van der Waals surface area contributed by atoms with Gasteiger partial charge in [-0.15, -0.1) is 0 Å². The molecule has 2 saturated heterocycles. The van der Waals surface area contributed by atoms with E-state index in [1.165, 1.54) is 32.1 Å². The van der Waals surface area contributed by atoms with E-state index in [1.54, 1.807) is 11.8 Å². The van der Waals surface area contributed by atoms with Gasteiger partial charge in [-0.3, -0.25) is 14.6 Å². The van der Waals surface area contributed by atoms with Crippen molar-refractivity contribution in [2.45, 2.75) is 74.5 Å². The van der Waals surface area contributed by atoms with Gasteiger partial charge in [-0.1, -0.05) is 35.5 Å². The van der Waals surface area contributed by atoms with Crippen LogP contribution in [0.3, 0.4) is 0 Å². The number of halogens is 1. The van der Waals surface area contributed by atoms with Crippen molar-refractivity contribution in [1.82, 2.24) is 24.7 Å². The van der Waals surface area contributed by atoms with E-state index in [0.29, 0.717) is 5.91 Å². The Bertz CT molecular complexity index is 1180. The Labute approximate surface area is 241 Å². The molecular formula is C31H40ClN5OS. The van der Waals surface area contributed by atoms with Crippen LogP contribution in [-0.4, -0.2) is 80.6 Å². The fourth-order valence-electron chi connectivity index (χ4n) is 8.82. The van der Waals surface area contributed by atoms with Crippen LogP contribution in [-0.2, 0) is 11.3 Å². The Morgan fingerprint density at radius 2 is 1.74 bits per heavy atom. The number of carbonyl (C=O) groups excluding carboxylic acids is 1. The number of likely N-dealkylation sites (tertiary alicyclic amines) is 1. The minimum Gasteiger partial charge on any atom is -0.339 e. The van der Waals surface area contributed by atoms with E-state index in [4.69, 9.17) is 11.6 Å². The number of thioether (sulfide) groups is 1. The molecule has 4 aliphatic carbocycles. The molecule has 6 nitrogen and oxygen atoms in total. The number of aromatic nitrogens is 2. The number of carbonyl (C=O) groups is 1. The summed E-state index contributed by atoms with van der Waals surface area (Å²) < 4.78 is 0. The smallest absolute Gasteiger partial charge is 0.240 e. The minimum atomic E-state index is -0.112. The highest BCUT2D eigenvalue weighted by molar-refractivity contribution is 7.99. The second kappa shape index (κ2) is 11.0. The van der Waals surface area contributed by atoms with E-state index in [-0.39, 0.29) is 11.3 Å². The molecule has 0 unspecified atom stereocenters. The van der Waals surface area contributed by atoms with E-state index in [2.05, 4.69) is 30.7 Å². The Balaban J connectivity index is 1.02. The van der Waals surface area contributed by atoms with Crippen molar-refractivity contribution in [3.8, 4) is 0 Å². The number of hydrogen-bond donors (Lipinski definition) is 0. The van der Waals surface area contributed by atoms with Crippen LogP contribution in [0.15, 0.2) is 41.7 Å². The Hall–Kier alpha value is -1.67. The van der Waals surface area contributed by atoms with Crippen LogP contribution >= 0.6 is 23.4 Å². The topological polar surface area (TPSA) is 52.6 Å². The maximum Gasteiger partial charge on any atom is 0.240 e. The summed E-state index contributed by atoms with van der Waals surface area (Å²) in [5.41, 5.74) is 2.13. The van der Waals surface area contributed by atoms with Crippen LogP contribution in [0.4, 0.5) is 0 Å². The molecule has 208 valence electrons. The van der Waals surface area contributed by atoms with Crippen molar-refractivity contribution in [2.75, 3.05) is 32.7 Å². The van der Waals surface area contributed by atoms with Crippen LogP contribution in [0, 0.1) is 30.6 Å². The first-order valence-corrected chi connectivity index (χ1v) is 16.2. The normalized spacial score (nSPS) is 34.6. The van der Waals surface area contributed by atoms with E-state index in [9.17, 15) is 4.79 Å². The summed E-state index contributed by atoms with van der Waals surface area (Å²) >= 11 is 8.02. The Kier molecular flexibility index (Phi) is 7.37. The Morgan fingerprint density at radius 3 is 2.44 bits per heavy atom. The third kappa shape index (κ3) is 5.49. The second-order valence-corrected chi connectivity index (χ2v) is 14.5. The summed E-state index contributed by atoms with van der Waals surface area (Å²) in [6, 6.07) is 10.6. The van der Waals surface area contributed by atoms with Gasteiger partial charge in [0.1, 0.15) is 0 Å². The van der Waals surface area contributed by atoms with Gasteiger partial charge < -0.3 is 4.90 Å². The highest BCUT2D eigenvalue weighted by atomic mass is 35.5. The summed E-state index contributed by atoms with van der Waals surface area (Å²) in [5.74, 6) is 4.14. The molecular weight excluding hydrogens is 526 g/mol. The minimum absolute atomic E-state index is 0.112. The number of hydrogen-bond acceptors (Lipinski definition) is 6. The lowest BCUT2D eigenvalue weighted by Gasteiger charge is -2.58. The third-order valence-electron chi connectivity index (χ3n) is 10.2. The zero-order valence-electron chi connectivity index (χ0n) is 22.9. The van der Waals surface area contributed by atoms with Crippen molar-refractivity contribution in [3.63, 3.8) is 0 Å². The van der Waals surface area contributed by atoms with Crippen LogP contribution in [0.25, 0.3) is 0 Å². The molecule has 0 N–H and O–H groups in total. The third-order valence-corrected chi connectivity index (χ3v) is 11.5. The van der Waals surface area contributed by atoms with Gasteiger partial charge in [0.2, 0.25) is 5.91 Å². The predicted octanol–water partition coefficient (Wildman–Crippen LogP) is 5.14. The van der Waals surface area contributed by atoms with Crippen molar-refractivity contribution in [1.29, 1.82) is 0 Å². The molecule has 6 fully saturated rings. The van der Waals surface area contributed by atoms with Gasteiger partial charge in [-0.05, 0) is 92.9 Å². The first-order chi connectivity index (χ1) is 19.0. The fraction of sp³-hybridized carbons (Fsp3) is 0.645. The van der Waals surface area contributed by atoms with E-state index in [0.717, 1.165) is 96.8 Å². The summed E-state index contributed by atoms with van der Waals surface area (Å²) in [5, 5.41) is 1.84. The molecule has 0 radical (unpaired) electrons. The highest BCUT2D eigenvalue weighted by Crippen LogP contribution is 2.55. The second-order valence-electron chi connectivity index (χ2n) is 12.8. The van der Waals surface area contributed by atoms with Gasteiger partial charge in [-0.2, -0.15) is 0 Å². The lowest BCUT2D eigenvalue weighted by atomic mass is 9.54. The number of nitrogens with zero attached hydrogens (tertiary/aromatic N) is 5. The molecule has 39 heavy (non-hydrogen) atoms. The molecule has 1 aromatic carbocycles. The molecule has 2 atom stereocenters. The Morgan fingerprint density at radius 1 is 1.00 bits per heavy atom. The van der Waals surface area contributed by atoms with Crippen LogP contribution < -0.4 is 0 Å². The molecule has 8 heteroatoms. The lowest BCUT2D eigenvalue weighted by Crippen LogP contribution is -2.61. The van der Waals surface area contributed by atoms with Gasteiger partial charge >= 0.3 is 0 Å². The van der Waals surface area contributed by atoms with Gasteiger partial charge in [0.15, 0.2) is 5.16 Å². The standard InChI is InChI=1S/C31H40ClN5OS/c1-20-5-6-33-31(34-20)39-27-17-28(37(19-27)18-21-3-2-4-26(32)16-21)30(38)36-9-7-35(8-10-36)29-24-12-22-11-23(14-24)15-25(29)13-22/h2-6,16,22-25,27-29H,7-15,17-19H2,1H3/t22?,23?,24?,25?,27-,28-,29?/m0/s1. The molecule has 2 aromatic rings. The summed E-state index contributed by atoms with van der Waals surface area (Å²) in [4.78, 5) is 30.5. The molecule has 4 saturated carbocycles. The van der Waals surface area contributed by atoms with Crippen LogP contribution in [0.1, 0.15) is 49.8 Å². The van der Waals surface area contributed by atoms with Crippen LogP contribution in [0.2, 0.25) is 5.02 Å². The molecule has 4 bridgehead atoms. The van der Waals surface area contributed by atoms with E-state index < -0.39 is 0 Å². The number of amides is 1. The maximum absolute atomic E-state index is 14.0. The highest BCUT2D eigenvalue weighted by Gasteiger charge is 2.50. The summed E-state index contributed by atoms with van der Waals surface area (Å²) in [7, 11) is 0. The van der Waals surface area contributed by atoms with Crippen molar-refractivity contribution in [2.24, 2.45) is 23.7 Å². The number of piperazine rings is 1. The molecule has 6 aliphatic rings. The molecule has 2 aliphatic heterocycles. The number of rotatable bonds is 6. The summed E-state index contributed by atoms with van der Waals surface area (Å²) in [6.45, 7) is 7.38. The van der Waals surface area contributed by atoms with Gasteiger partial charge in [0.25, 0.3) is 0 Å². The van der Waals surface area contributed by atoms with Crippen molar-refractivity contribution >= 4 is 29.3 Å². The zero-order chi connectivity index (χ0) is 26.5. The first kappa shape index (κ1) is 26.2. The van der Waals surface area contributed by atoms with Gasteiger partial charge in [0.05, 0.1) is 6.04 Å². The maximum atomic E-state index is 14.0. The zero-order valence-corrected chi connectivity index (χ0v) is 24.5.